The normalized spacial score (nSPS) is 25.7. The number of fused-ring (bicyclic) bond motifs is 1. The molecule has 0 amide bonds. The SMILES string of the molecule is CC(C)(C)OC(=O)C1CCC(O)(c2ccc(Nc3nn([C@H]4CCCC[C@@H]4C#N)c4cc[nH]c(=O)c34)cc2)CC1. The van der Waals surface area contributed by atoms with Gasteiger partial charge in [-0.2, -0.15) is 10.4 Å². The van der Waals surface area contributed by atoms with Crippen molar-refractivity contribution in [1.82, 2.24) is 14.8 Å². The Balaban J connectivity index is 1.34. The first kappa shape index (κ1) is 26.9. The lowest BCUT2D eigenvalue weighted by molar-refractivity contribution is -0.163. The van der Waals surface area contributed by atoms with Crippen LogP contribution in [0.5, 0.6) is 0 Å². The molecular weight excluding hydrogens is 494 g/mol. The Morgan fingerprint density at radius 2 is 1.85 bits per heavy atom. The van der Waals surface area contributed by atoms with Crippen LogP contribution in [0.3, 0.4) is 0 Å². The minimum absolute atomic E-state index is 0.0731. The van der Waals surface area contributed by atoms with Gasteiger partial charge in [0.2, 0.25) is 0 Å². The van der Waals surface area contributed by atoms with Crippen LogP contribution in [0.1, 0.15) is 83.7 Å². The third kappa shape index (κ3) is 5.57. The van der Waals surface area contributed by atoms with Gasteiger partial charge < -0.3 is 20.1 Å². The van der Waals surface area contributed by atoms with Gasteiger partial charge in [-0.3, -0.25) is 14.3 Å². The molecule has 9 nitrogen and oxygen atoms in total. The van der Waals surface area contributed by atoms with E-state index in [0.29, 0.717) is 42.4 Å². The van der Waals surface area contributed by atoms with E-state index in [1.165, 1.54) is 0 Å². The van der Waals surface area contributed by atoms with E-state index in [1.807, 2.05) is 55.8 Å². The Hall–Kier alpha value is -3.64. The van der Waals surface area contributed by atoms with Gasteiger partial charge in [-0.05, 0) is 83.1 Å². The number of ether oxygens (including phenoxy) is 1. The van der Waals surface area contributed by atoms with E-state index in [9.17, 15) is 20.0 Å². The number of aromatic amines is 1. The molecule has 9 heteroatoms. The van der Waals surface area contributed by atoms with Crippen molar-refractivity contribution in [2.45, 2.75) is 89.4 Å². The van der Waals surface area contributed by atoms with Crippen molar-refractivity contribution in [2.24, 2.45) is 11.8 Å². The molecule has 3 N–H and O–H groups in total. The van der Waals surface area contributed by atoms with E-state index in [1.54, 1.807) is 6.20 Å². The van der Waals surface area contributed by atoms with E-state index in [0.717, 1.165) is 36.9 Å². The highest BCUT2D eigenvalue weighted by molar-refractivity contribution is 5.91. The van der Waals surface area contributed by atoms with Crippen LogP contribution in [0.2, 0.25) is 0 Å². The van der Waals surface area contributed by atoms with E-state index in [-0.39, 0.29) is 29.4 Å². The number of pyridine rings is 1. The molecule has 2 aliphatic rings. The fourth-order valence-corrected chi connectivity index (χ4v) is 6.00. The predicted molar refractivity (Wildman–Crippen MR) is 148 cm³/mol. The summed E-state index contributed by atoms with van der Waals surface area (Å²) in [6.07, 6.45) is 7.46. The van der Waals surface area contributed by atoms with Crippen LogP contribution in [0.25, 0.3) is 10.9 Å². The average Bonchev–Trinajstić information content (AvgIpc) is 3.27. The van der Waals surface area contributed by atoms with Gasteiger partial charge in [-0.15, -0.1) is 0 Å². The van der Waals surface area contributed by atoms with Gasteiger partial charge in [0, 0.05) is 11.9 Å². The molecule has 39 heavy (non-hydrogen) atoms. The second-order valence-electron chi connectivity index (χ2n) is 12.0. The van der Waals surface area contributed by atoms with Gasteiger partial charge in [-0.25, -0.2) is 0 Å². The summed E-state index contributed by atoms with van der Waals surface area (Å²) in [7, 11) is 0. The van der Waals surface area contributed by atoms with Crippen molar-refractivity contribution in [2.75, 3.05) is 5.32 Å². The number of nitrogens with one attached hydrogen (secondary N) is 2. The molecule has 0 unspecified atom stereocenters. The lowest BCUT2D eigenvalue weighted by atomic mass is 9.75. The highest BCUT2D eigenvalue weighted by atomic mass is 16.6. The largest absolute Gasteiger partial charge is 0.460 e. The lowest BCUT2D eigenvalue weighted by Gasteiger charge is -2.36. The molecule has 2 atom stereocenters. The Bertz CT molecular complexity index is 1440. The molecule has 206 valence electrons. The molecule has 2 fully saturated rings. The molecular formula is C30H37N5O4. The fraction of sp³-hybridized carbons (Fsp3) is 0.533. The number of esters is 1. The molecule has 0 radical (unpaired) electrons. The Morgan fingerprint density at radius 3 is 2.51 bits per heavy atom. The van der Waals surface area contributed by atoms with E-state index in [2.05, 4.69) is 16.4 Å². The van der Waals surface area contributed by atoms with Crippen molar-refractivity contribution < 1.29 is 14.6 Å². The number of H-pyrrole nitrogens is 1. The molecule has 2 aromatic heterocycles. The molecule has 3 aromatic rings. The first-order valence-electron chi connectivity index (χ1n) is 13.9. The van der Waals surface area contributed by atoms with Crippen LogP contribution in [0.15, 0.2) is 41.3 Å². The Kier molecular flexibility index (Phi) is 7.25. The fourth-order valence-electron chi connectivity index (χ4n) is 6.00. The molecule has 2 heterocycles. The molecule has 0 saturated heterocycles. The third-order valence-electron chi connectivity index (χ3n) is 8.08. The van der Waals surface area contributed by atoms with Crippen molar-refractivity contribution >= 4 is 28.4 Å². The van der Waals surface area contributed by atoms with Gasteiger partial charge in [-0.1, -0.05) is 25.0 Å². The van der Waals surface area contributed by atoms with Crippen molar-refractivity contribution in [3.8, 4) is 6.07 Å². The number of carbonyl (C=O) groups excluding carboxylic acids is 1. The maximum atomic E-state index is 12.8. The monoisotopic (exact) mass is 531 g/mol. The van der Waals surface area contributed by atoms with Crippen molar-refractivity contribution in [1.29, 1.82) is 5.26 Å². The summed E-state index contributed by atoms with van der Waals surface area (Å²) in [6, 6.07) is 11.7. The average molecular weight is 532 g/mol. The number of aromatic nitrogens is 3. The van der Waals surface area contributed by atoms with E-state index >= 15 is 0 Å². The molecule has 2 saturated carbocycles. The summed E-state index contributed by atoms with van der Waals surface area (Å²) in [6.45, 7) is 5.59. The quantitative estimate of drug-likeness (QED) is 0.373. The van der Waals surface area contributed by atoms with E-state index in [4.69, 9.17) is 9.84 Å². The second-order valence-corrected chi connectivity index (χ2v) is 12.0. The summed E-state index contributed by atoms with van der Waals surface area (Å²) in [5.74, 6) is -0.0883. The maximum Gasteiger partial charge on any atom is 0.309 e. The maximum absolute atomic E-state index is 12.8. The molecule has 1 aromatic carbocycles. The van der Waals surface area contributed by atoms with Gasteiger partial charge in [0.25, 0.3) is 5.56 Å². The summed E-state index contributed by atoms with van der Waals surface area (Å²) in [4.78, 5) is 28.0. The van der Waals surface area contributed by atoms with Crippen LogP contribution in [-0.2, 0) is 15.1 Å². The second kappa shape index (κ2) is 10.5. The zero-order chi connectivity index (χ0) is 27.8. The number of nitrogens with zero attached hydrogens (tertiary/aromatic N) is 3. The highest BCUT2D eigenvalue weighted by Crippen LogP contribution is 2.41. The van der Waals surface area contributed by atoms with Crippen LogP contribution < -0.4 is 10.9 Å². The first-order chi connectivity index (χ1) is 18.6. The van der Waals surface area contributed by atoms with Gasteiger partial charge >= 0.3 is 5.97 Å². The number of anilines is 2. The predicted octanol–water partition coefficient (Wildman–Crippen LogP) is 5.44. The standard InChI is InChI=1S/C30H37N5O4/c1-29(2,3)39-28(37)19-12-15-30(38,16-13-19)21-8-10-22(11-9-21)33-26-25-24(14-17-32-27(25)36)35(34-26)23-7-5-4-6-20(23)18-31/h8-11,14,17,19-20,23,38H,4-7,12-13,15-16H2,1-3H3,(H,32,36)(H,33,34)/t19?,20-,23+,30?/m1/s1. The Labute approximate surface area is 228 Å². The number of hydrogen-bond donors (Lipinski definition) is 3. The molecule has 5 rings (SSSR count). The van der Waals surface area contributed by atoms with Crippen LogP contribution in [-0.4, -0.2) is 31.4 Å². The lowest BCUT2D eigenvalue weighted by Crippen LogP contribution is -2.36. The summed E-state index contributed by atoms with van der Waals surface area (Å²) in [5, 5.41) is 29.6. The van der Waals surface area contributed by atoms with E-state index < -0.39 is 11.2 Å². The third-order valence-corrected chi connectivity index (χ3v) is 8.08. The number of carbonyl (C=O) groups is 1. The van der Waals surface area contributed by atoms with Crippen LogP contribution in [0, 0.1) is 23.2 Å². The molecule has 0 aliphatic heterocycles. The number of nitriles is 1. The number of rotatable bonds is 5. The van der Waals surface area contributed by atoms with Crippen molar-refractivity contribution in [3.05, 3.63) is 52.4 Å². The van der Waals surface area contributed by atoms with Gasteiger partial charge in [0.15, 0.2) is 5.82 Å². The minimum atomic E-state index is -1.00. The van der Waals surface area contributed by atoms with Gasteiger partial charge in [0.05, 0.1) is 35.1 Å². The van der Waals surface area contributed by atoms with Gasteiger partial charge in [0.1, 0.15) is 11.0 Å². The Morgan fingerprint density at radius 1 is 1.15 bits per heavy atom. The van der Waals surface area contributed by atoms with Crippen LogP contribution >= 0.6 is 0 Å². The number of aliphatic hydroxyl groups is 1. The summed E-state index contributed by atoms with van der Waals surface area (Å²) in [5.41, 5.74) is 0.478. The highest BCUT2D eigenvalue weighted by Gasteiger charge is 2.38. The zero-order valence-electron chi connectivity index (χ0n) is 22.9. The zero-order valence-corrected chi connectivity index (χ0v) is 22.9. The smallest absolute Gasteiger partial charge is 0.309 e. The number of benzene rings is 1. The molecule has 0 bridgehead atoms. The summed E-state index contributed by atoms with van der Waals surface area (Å²) < 4.78 is 7.39. The number of hydrogen-bond acceptors (Lipinski definition) is 7. The van der Waals surface area contributed by atoms with Crippen LogP contribution in [0.4, 0.5) is 11.5 Å². The summed E-state index contributed by atoms with van der Waals surface area (Å²) >= 11 is 0. The topological polar surface area (TPSA) is 133 Å². The first-order valence-corrected chi connectivity index (χ1v) is 13.9. The molecule has 0 spiro atoms. The van der Waals surface area contributed by atoms with Crippen molar-refractivity contribution in [3.63, 3.8) is 0 Å². The molecule has 2 aliphatic carbocycles. The minimum Gasteiger partial charge on any atom is -0.460 e.